The van der Waals surface area contributed by atoms with E-state index < -0.39 is 11.4 Å². The van der Waals surface area contributed by atoms with E-state index in [1.165, 1.54) is 0 Å². The minimum atomic E-state index is -0.797. The van der Waals surface area contributed by atoms with Crippen molar-refractivity contribution in [2.24, 2.45) is 0 Å². The molecule has 1 N–H and O–H groups in total. The molecule has 0 fully saturated rings. The molecule has 68 valence electrons. The number of aliphatic carboxylic acids is 1. The molecule has 0 amide bonds. The first-order chi connectivity index (χ1) is 5.55. The predicted molar refractivity (Wildman–Crippen MR) is 55.6 cm³/mol. The molecule has 0 aliphatic carbocycles. The zero-order valence-corrected chi connectivity index (χ0v) is 7.24. The van der Waals surface area contributed by atoms with E-state index in [9.17, 15) is 4.79 Å². The van der Waals surface area contributed by atoms with Gasteiger partial charge in [-0.3, -0.25) is 4.79 Å². The molecule has 0 atom stereocenters. The Morgan fingerprint density at radius 3 is 2.08 bits per heavy atom. The van der Waals surface area contributed by atoms with Crippen molar-refractivity contribution in [3.8, 4) is 0 Å². The quantitative estimate of drug-likeness (QED) is 0.737. The van der Waals surface area contributed by atoms with Crippen LogP contribution in [0.15, 0.2) is 30.3 Å². The third-order valence-electron chi connectivity index (χ3n) is 2.03. The van der Waals surface area contributed by atoms with Crippen molar-refractivity contribution in [2.75, 3.05) is 0 Å². The zero-order valence-electron chi connectivity index (χ0n) is 7.24. The summed E-state index contributed by atoms with van der Waals surface area (Å²) in [6, 6.07) is 9.23. The van der Waals surface area contributed by atoms with Crippen LogP contribution >= 0.6 is 0 Å². The van der Waals surface area contributed by atoms with Crippen LogP contribution in [0.3, 0.4) is 0 Å². The van der Waals surface area contributed by atoms with E-state index in [0.717, 1.165) is 5.56 Å². The molecule has 0 bridgehead atoms. The second-order valence-corrected chi connectivity index (χ2v) is 3.30. The summed E-state index contributed by atoms with van der Waals surface area (Å²) in [5.41, 5.74) is 0.0406. The molecule has 0 aliphatic rings. The average molecular weight is 206 g/mol. The van der Waals surface area contributed by atoms with Crippen LogP contribution in [0, 0.1) is 0 Å². The zero-order chi connectivity index (χ0) is 9.19. The van der Waals surface area contributed by atoms with E-state index in [2.05, 4.69) is 0 Å². The summed E-state index contributed by atoms with van der Waals surface area (Å²) in [6.45, 7) is 3.40. The monoisotopic (exact) mass is 206 g/mol. The fraction of sp³-hybridized carbons (Fsp3) is 0.300. The Hall–Kier alpha value is -0.0503. The summed E-state index contributed by atoms with van der Waals surface area (Å²) >= 11 is 0. The summed E-state index contributed by atoms with van der Waals surface area (Å²) in [6.07, 6.45) is 0. The van der Waals surface area contributed by atoms with Gasteiger partial charge in [0.1, 0.15) is 0 Å². The van der Waals surface area contributed by atoms with Gasteiger partial charge in [-0.2, -0.15) is 0 Å². The average Bonchev–Trinajstić information content (AvgIpc) is 2.06. The Bertz CT molecular complexity index is 280. The molecule has 13 heavy (non-hydrogen) atoms. The van der Waals surface area contributed by atoms with Crippen LogP contribution in [-0.4, -0.2) is 48.8 Å². The van der Waals surface area contributed by atoms with Crippen molar-refractivity contribution >= 4 is 43.7 Å². The summed E-state index contributed by atoms with van der Waals surface area (Å²) in [5, 5.41) is 8.89. The molecule has 0 heterocycles. The van der Waals surface area contributed by atoms with Gasteiger partial charge in [-0.25, -0.2) is 0 Å². The molecule has 1 aromatic rings. The van der Waals surface area contributed by atoms with Gasteiger partial charge in [-0.1, -0.05) is 30.3 Å². The Kier molecular flexibility index (Phi) is 4.97. The fourth-order valence-corrected chi connectivity index (χ4v) is 0.978. The van der Waals surface area contributed by atoms with Gasteiger partial charge in [0.05, 0.1) is 5.41 Å². The molecule has 0 saturated carbocycles. The third-order valence-corrected chi connectivity index (χ3v) is 2.03. The van der Waals surface area contributed by atoms with Crippen molar-refractivity contribution in [2.45, 2.75) is 19.3 Å². The molecule has 2 nitrogen and oxygen atoms in total. The maximum atomic E-state index is 10.8. The van der Waals surface area contributed by atoms with E-state index in [4.69, 9.17) is 5.11 Å². The van der Waals surface area contributed by atoms with Crippen LogP contribution in [-0.2, 0) is 10.2 Å². The van der Waals surface area contributed by atoms with Crippen LogP contribution in [0.1, 0.15) is 19.4 Å². The van der Waals surface area contributed by atoms with E-state index in [1.807, 2.05) is 30.3 Å². The molecule has 0 unspecified atom stereocenters. The summed E-state index contributed by atoms with van der Waals surface area (Å²) in [4.78, 5) is 10.8. The number of carbonyl (C=O) groups is 1. The van der Waals surface area contributed by atoms with Crippen LogP contribution in [0.4, 0.5) is 0 Å². The van der Waals surface area contributed by atoms with Crippen LogP contribution < -0.4 is 0 Å². The second-order valence-electron chi connectivity index (χ2n) is 3.30. The van der Waals surface area contributed by atoms with E-state index in [1.54, 1.807) is 13.8 Å². The molecule has 1 aromatic carbocycles. The molecule has 1 rings (SSSR count). The number of carboxylic acid groups (broad SMARTS) is 1. The molecule has 3 heteroatoms. The van der Waals surface area contributed by atoms with Crippen molar-refractivity contribution in [3.05, 3.63) is 35.9 Å². The number of carboxylic acids is 1. The molecule has 0 saturated heterocycles. The minimum absolute atomic E-state index is 0. The van der Waals surface area contributed by atoms with Gasteiger partial charge in [0.2, 0.25) is 0 Å². The fourth-order valence-electron chi connectivity index (χ4n) is 0.978. The van der Waals surface area contributed by atoms with Crippen molar-refractivity contribution < 1.29 is 9.90 Å². The van der Waals surface area contributed by atoms with Gasteiger partial charge in [0.25, 0.3) is 0 Å². The Balaban J connectivity index is 0.00000144. The van der Waals surface area contributed by atoms with Gasteiger partial charge in [0.15, 0.2) is 0 Å². The summed E-state index contributed by atoms with van der Waals surface area (Å²) in [5.74, 6) is -0.797. The Labute approximate surface area is 108 Å². The SMILES string of the molecule is CC(C)(C(=O)O)c1ccccc1.[CaH2]. The first kappa shape index (κ1) is 12.9. The van der Waals surface area contributed by atoms with Crippen LogP contribution in [0.5, 0.6) is 0 Å². The third kappa shape index (κ3) is 2.97. The summed E-state index contributed by atoms with van der Waals surface area (Å²) in [7, 11) is 0. The van der Waals surface area contributed by atoms with Gasteiger partial charge < -0.3 is 5.11 Å². The normalized spacial score (nSPS) is 10.3. The van der Waals surface area contributed by atoms with E-state index in [-0.39, 0.29) is 37.7 Å². The van der Waals surface area contributed by atoms with Gasteiger partial charge >= 0.3 is 43.7 Å². The van der Waals surface area contributed by atoms with Crippen molar-refractivity contribution in [1.29, 1.82) is 0 Å². The Morgan fingerprint density at radius 1 is 1.23 bits per heavy atom. The first-order valence-corrected chi connectivity index (χ1v) is 3.84. The van der Waals surface area contributed by atoms with Crippen LogP contribution in [0.2, 0.25) is 0 Å². The standard InChI is InChI=1S/C10H12O2.Ca.2H/c1-10(2,9(11)12)8-6-4-3-5-7-8;;;/h3-7H,1-2H3,(H,11,12);;;. The van der Waals surface area contributed by atoms with Crippen LogP contribution in [0.25, 0.3) is 0 Å². The van der Waals surface area contributed by atoms with Gasteiger partial charge in [-0.05, 0) is 19.4 Å². The molecule has 0 spiro atoms. The molecular weight excluding hydrogens is 192 g/mol. The number of hydrogen-bond donors (Lipinski definition) is 1. The van der Waals surface area contributed by atoms with Gasteiger partial charge in [0, 0.05) is 0 Å². The molecule has 0 radical (unpaired) electrons. The molecule has 0 aliphatic heterocycles. The van der Waals surface area contributed by atoms with E-state index in [0.29, 0.717) is 0 Å². The Morgan fingerprint density at radius 2 is 1.69 bits per heavy atom. The second kappa shape index (κ2) is 4.99. The maximum absolute atomic E-state index is 10.8. The van der Waals surface area contributed by atoms with Crippen molar-refractivity contribution in [1.82, 2.24) is 0 Å². The topological polar surface area (TPSA) is 37.3 Å². The van der Waals surface area contributed by atoms with E-state index >= 15 is 0 Å². The first-order valence-electron chi connectivity index (χ1n) is 3.84. The number of rotatable bonds is 2. The predicted octanol–water partition coefficient (Wildman–Crippen LogP) is 1.13. The number of hydrogen-bond acceptors (Lipinski definition) is 1. The van der Waals surface area contributed by atoms with Gasteiger partial charge in [-0.15, -0.1) is 0 Å². The van der Waals surface area contributed by atoms with Crippen molar-refractivity contribution in [3.63, 3.8) is 0 Å². The summed E-state index contributed by atoms with van der Waals surface area (Å²) < 4.78 is 0. The molecule has 0 aromatic heterocycles. The number of benzene rings is 1. The molecular formula is C10H14CaO2.